The van der Waals surface area contributed by atoms with Crippen molar-refractivity contribution in [2.45, 2.75) is 44.7 Å². The second-order valence-corrected chi connectivity index (χ2v) is 8.71. The van der Waals surface area contributed by atoms with Crippen LogP contribution in [0.15, 0.2) is 29.6 Å². The van der Waals surface area contributed by atoms with Gasteiger partial charge in [-0.1, -0.05) is 0 Å². The van der Waals surface area contributed by atoms with Crippen LogP contribution in [-0.2, 0) is 0 Å². The fourth-order valence-electron chi connectivity index (χ4n) is 4.60. The molecule has 140 valence electrons. The van der Waals surface area contributed by atoms with E-state index in [0.29, 0.717) is 11.8 Å². The summed E-state index contributed by atoms with van der Waals surface area (Å²) in [5.74, 6) is 1.12. The van der Waals surface area contributed by atoms with Crippen LogP contribution in [0.25, 0.3) is 21.3 Å². The molecule has 2 aliphatic heterocycles. The molecule has 1 unspecified atom stereocenters. The van der Waals surface area contributed by atoms with E-state index in [0.717, 1.165) is 45.3 Å². The van der Waals surface area contributed by atoms with Crippen LogP contribution in [0.5, 0.6) is 5.75 Å². The number of piperidine rings is 1. The highest BCUT2D eigenvalue weighted by molar-refractivity contribution is 7.17. The Kier molecular flexibility index (Phi) is 4.25. The Morgan fingerprint density at radius 2 is 2.11 bits per heavy atom. The number of nitrogens with one attached hydrogen (secondary N) is 1. The van der Waals surface area contributed by atoms with Crippen molar-refractivity contribution in [1.29, 1.82) is 0 Å². The summed E-state index contributed by atoms with van der Waals surface area (Å²) in [5.41, 5.74) is 2.51. The maximum Gasteiger partial charge on any atom is 0.149 e. The molecule has 2 atom stereocenters. The molecule has 0 spiro atoms. The fourth-order valence-corrected chi connectivity index (χ4v) is 5.39. The van der Waals surface area contributed by atoms with Crippen molar-refractivity contribution < 1.29 is 5.11 Å². The van der Waals surface area contributed by atoms with E-state index in [1.807, 2.05) is 30.5 Å². The van der Waals surface area contributed by atoms with Crippen molar-refractivity contribution in [3.63, 3.8) is 0 Å². The number of thiophene rings is 1. The van der Waals surface area contributed by atoms with E-state index in [-0.39, 0.29) is 0 Å². The molecule has 2 aliphatic rings. The smallest absolute Gasteiger partial charge is 0.149 e. The van der Waals surface area contributed by atoms with Gasteiger partial charge in [0.1, 0.15) is 11.6 Å². The van der Waals surface area contributed by atoms with Crippen molar-refractivity contribution in [3.05, 3.63) is 35.2 Å². The summed E-state index contributed by atoms with van der Waals surface area (Å²) in [6.45, 7) is 4.36. The van der Waals surface area contributed by atoms with Crippen molar-refractivity contribution in [1.82, 2.24) is 15.1 Å². The summed E-state index contributed by atoms with van der Waals surface area (Å²) in [7, 11) is 0. The zero-order valence-electron chi connectivity index (χ0n) is 15.5. The molecule has 5 rings (SSSR count). The SMILES string of the molecule is Cc1cc(N[C@H]2CCC3CCCN3C2)nnc1-c1ccc2sccc2c1O. The van der Waals surface area contributed by atoms with Crippen LogP contribution < -0.4 is 5.32 Å². The molecule has 0 radical (unpaired) electrons. The lowest BCUT2D eigenvalue weighted by atomic mass is 9.99. The van der Waals surface area contributed by atoms with Crippen LogP contribution in [0, 0.1) is 6.92 Å². The van der Waals surface area contributed by atoms with Crippen LogP contribution in [0.4, 0.5) is 5.82 Å². The van der Waals surface area contributed by atoms with Gasteiger partial charge < -0.3 is 10.4 Å². The fraction of sp³-hybridized carbons (Fsp3) is 0.429. The summed E-state index contributed by atoms with van der Waals surface area (Å²) < 4.78 is 1.08. The van der Waals surface area contributed by atoms with Crippen molar-refractivity contribution in [3.8, 4) is 17.0 Å². The average molecular weight is 381 g/mol. The first-order chi connectivity index (χ1) is 13.2. The summed E-state index contributed by atoms with van der Waals surface area (Å²) in [6, 6.07) is 9.22. The topological polar surface area (TPSA) is 61.3 Å². The first kappa shape index (κ1) is 17.0. The number of nitrogens with zero attached hydrogens (tertiary/aromatic N) is 3. The number of fused-ring (bicyclic) bond motifs is 2. The third kappa shape index (κ3) is 3.07. The zero-order valence-corrected chi connectivity index (χ0v) is 16.3. The van der Waals surface area contributed by atoms with Crippen LogP contribution in [0.1, 0.15) is 31.2 Å². The Bertz CT molecular complexity index is 985. The molecular formula is C21H24N4OS. The van der Waals surface area contributed by atoms with E-state index < -0.39 is 0 Å². The molecule has 2 aromatic heterocycles. The summed E-state index contributed by atoms with van der Waals surface area (Å²) in [4.78, 5) is 2.62. The third-order valence-electron chi connectivity index (χ3n) is 6.00. The number of aryl methyl sites for hydroxylation is 1. The number of anilines is 1. The van der Waals surface area contributed by atoms with Crippen LogP contribution in [0.3, 0.4) is 0 Å². The molecule has 2 saturated heterocycles. The number of benzene rings is 1. The average Bonchev–Trinajstić information content (AvgIpc) is 3.32. The standard InChI is InChI=1S/C21H24N4OS/c1-13-11-19(22-14-4-5-15-3-2-9-25(15)12-14)23-24-20(13)17-6-7-18-16(21(17)26)8-10-27-18/h6-8,10-11,14-15,26H,2-5,9,12H2,1H3,(H,22,23)/t14-,15?/m0/s1. The van der Waals surface area contributed by atoms with Gasteiger partial charge in [0.15, 0.2) is 0 Å². The number of phenols is 1. The van der Waals surface area contributed by atoms with Crippen LogP contribution in [-0.4, -0.2) is 45.4 Å². The number of aromatic nitrogens is 2. The first-order valence-corrected chi connectivity index (χ1v) is 10.6. The van der Waals surface area contributed by atoms with E-state index >= 15 is 0 Å². The highest BCUT2D eigenvalue weighted by Gasteiger charge is 2.31. The van der Waals surface area contributed by atoms with E-state index in [1.54, 1.807) is 11.3 Å². The minimum Gasteiger partial charge on any atom is -0.507 e. The first-order valence-electron chi connectivity index (χ1n) is 9.73. The van der Waals surface area contributed by atoms with Crippen molar-refractivity contribution in [2.24, 2.45) is 0 Å². The lowest BCUT2D eigenvalue weighted by molar-refractivity contribution is 0.186. The lowest BCUT2D eigenvalue weighted by Crippen LogP contribution is -2.44. The van der Waals surface area contributed by atoms with E-state index in [2.05, 4.69) is 26.5 Å². The molecule has 2 N–H and O–H groups in total. The minimum atomic E-state index is 0.291. The van der Waals surface area contributed by atoms with Gasteiger partial charge in [-0.3, -0.25) is 4.90 Å². The largest absolute Gasteiger partial charge is 0.507 e. The van der Waals surface area contributed by atoms with E-state index in [1.165, 1.54) is 32.2 Å². The van der Waals surface area contributed by atoms with Gasteiger partial charge in [-0.2, -0.15) is 0 Å². The lowest BCUT2D eigenvalue weighted by Gasteiger charge is -2.35. The molecule has 0 amide bonds. The van der Waals surface area contributed by atoms with Crippen molar-refractivity contribution in [2.75, 3.05) is 18.4 Å². The van der Waals surface area contributed by atoms with Crippen molar-refractivity contribution >= 4 is 27.2 Å². The van der Waals surface area contributed by atoms with Gasteiger partial charge in [0.25, 0.3) is 0 Å². The number of hydrogen-bond acceptors (Lipinski definition) is 6. The normalized spacial score (nSPS) is 22.9. The number of phenolic OH excluding ortho intramolecular Hbond substituents is 1. The van der Waals surface area contributed by atoms with Gasteiger partial charge in [0.05, 0.1) is 5.69 Å². The maximum atomic E-state index is 10.7. The number of aromatic hydroxyl groups is 1. The molecule has 2 fully saturated rings. The Morgan fingerprint density at radius 1 is 1.19 bits per heavy atom. The molecule has 6 heteroatoms. The molecule has 4 heterocycles. The second kappa shape index (κ2) is 6.77. The maximum absolute atomic E-state index is 10.7. The van der Waals surface area contributed by atoms with Crippen LogP contribution >= 0.6 is 11.3 Å². The second-order valence-electron chi connectivity index (χ2n) is 7.76. The van der Waals surface area contributed by atoms with Gasteiger partial charge in [0.2, 0.25) is 0 Å². The Hall–Kier alpha value is -2.18. The van der Waals surface area contributed by atoms with Gasteiger partial charge in [-0.15, -0.1) is 21.5 Å². The molecule has 0 saturated carbocycles. The zero-order chi connectivity index (χ0) is 18.4. The molecule has 0 bridgehead atoms. The summed E-state index contributed by atoms with van der Waals surface area (Å²) in [6.07, 6.45) is 5.16. The third-order valence-corrected chi connectivity index (χ3v) is 6.88. The van der Waals surface area contributed by atoms with Gasteiger partial charge in [-0.05, 0) is 74.4 Å². The predicted molar refractivity (Wildman–Crippen MR) is 110 cm³/mol. The van der Waals surface area contributed by atoms with Gasteiger partial charge in [-0.25, -0.2) is 0 Å². The Balaban J connectivity index is 1.38. The monoisotopic (exact) mass is 380 g/mol. The molecule has 5 nitrogen and oxygen atoms in total. The molecule has 0 aliphatic carbocycles. The van der Waals surface area contributed by atoms with E-state index in [9.17, 15) is 5.11 Å². The molecular weight excluding hydrogens is 356 g/mol. The summed E-state index contributed by atoms with van der Waals surface area (Å²) in [5, 5.41) is 26.0. The molecule has 27 heavy (non-hydrogen) atoms. The Labute approximate surface area is 163 Å². The number of rotatable bonds is 3. The highest BCUT2D eigenvalue weighted by atomic mass is 32.1. The minimum absolute atomic E-state index is 0.291. The number of hydrogen-bond donors (Lipinski definition) is 2. The molecule has 1 aromatic carbocycles. The Morgan fingerprint density at radius 3 is 3.00 bits per heavy atom. The quantitative estimate of drug-likeness (QED) is 0.705. The highest BCUT2D eigenvalue weighted by Crippen LogP contribution is 2.38. The van der Waals surface area contributed by atoms with Crippen LogP contribution in [0.2, 0.25) is 0 Å². The predicted octanol–water partition coefficient (Wildman–Crippen LogP) is 4.41. The van der Waals surface area contributed by atoms with E-state index in [4.69, 9.17) is 0 Å². The summed E-state index contributed by atoms with van der Waals surface area (Å²) >= 11 is 1.63. The molecule has 3 aromatic rings. The van der Waals surface area contributed by atoms with Gasteiger partial charge >= 0.3 is 0 Å². The van der Waals surface area contributed by atoms with Gasteiger partial charge in [0, 0.05) is 34.3 Å².